The second-order valence-electron chi connectivity index (χ2n) is 6.06. The van der Waals surface area contributed by atoms with Crippen LogP contribution in [0.4, 0.5) is 5.69 Å². The molecule has 6 nitrogen and oxygen atoms in total. The van der Waals surface area contributed by atoms with Gasteiger partial charge in [-0.1, -0.05) is 0 Å². The lowest BCUT2D eigenvalue weighted by atomic mass is 10.1. The van der Waals surface area contributed by atoms with Crippen LogP contribution in [-0.4, -0.2) is 53.3 Å². The summed E-state index contributed by atoms with van der Waals surface area (Å²) < 4.78 is 5.80. The van der Waals surface area contributed by atoms with Crippen molar-refractivity contribution in [2.45, 2.75) is 26.4 Å². The van der Waals surface area contributed by atoms with Gasteiger partial charge in [0.15, 0.2) is 0 Å². The monoisotopic (exact) mass is 340 g/mol. The molecule has 1 unspecified atom stereocenters. The first-order chi connectivity index (χ1) is 12.2. The summed E-state index contributed by atoms with van der Waals surface area (Å²) >= 11 is 0. The van der Waals surface area contributed by atoms with Crippen molar-refractivity contribution in [2.75, 3.05) is 31.1 Å². The Balaban J connectivity index is 1.60. The summed E-state index contributed by atoms with van der Waals surface area (Å²) in [5.41, 5.74) is 1.86. The van der Waals surface area contributed by atoms with Crippen molar-refractivity contribution in [3.63, 3.8) is 0 Å². The maximum absolute atomic E-state index is 12.7. The number of ether oxygens (including phenoxy) is 1. The van der Waals surface area contributed by atoms with Crippen molar-refractivity contribution < 1.29 is 9.53 Å². The van der Waals surface area contributed by atoms with Gasteiger partial charge in [0.25, 0.3) is 5.91 Å². The van der Waals surface area contributed by atoms with E-state index in [9.17, 15) is 4.79 Å². The lowest BCUT2D eigenvalue weighted by molar-refractivity contribution is 0.0771. The van der Waals surface area contributed by atoms with Gasteiger partial charge in [-0.25, -0.2) is 0 Å². The number of carbonyl (C=O) groups is 1. The minimum atomic E-state index is -0.0319. The molecule has 2 aromatic rings. The third-order valence-corrected chi connectivity index (χ3v) is 4.51. The molecule has 0 bridgehead atoms. The Morgan fingerprint density at radius 1 is 1.24 bits per heavy atom. The fourth-order valence-corrected chi connectivity index (χ4v) is 3.12. The molecule has 1 atom stereocenters. The number of anilines is 1. The molecular weight excluding hydrogens is 316 g/mol. The number of benzene rings is 1. The number of nitrogens with zero attached hydrogens (tertiary/aromatic N) is 4. The summed E-state index contributed by atoms with van der Waals surface area (Å²) in [5, 5.41) is 7.74. The molecule has 1 amide bonds. The predicted molar refractivity (Wildman–Crippen MR) is 97.0 cm³/mol. The highest BCUT2D eigenvalue weighted by atomic mass is 16.5. The van der Waals surface area contributed by atoms with Crippen LogP contribution in [-0.2, 0) is 0 Å². The average Bonchev–Trinajstić information content (AvgIpc) is 3.12. The van der Waals surface area contributed by atoms with Crippen molar-refractivity contribution in [1.29, 1.82) is 0 Å². The zero-order valence-corrected chi connectivity index (χ0v) is 14.8. The first kappa shape index (κ1) is 17.2. The van der Waals surface area contributed by atoms with E-state index in [-0.39, 0.29) is 12.0 Å². The van der Waals surface area contributed by atoms with Crippen molar-refractivity contribution in [1.82, 2.24) is 15.1 Å². The molecule has 25 heavy (non-hydrogen) atoms. The quantitative estimate of drug-likeness (QED) is 0.809. The van der Waals surface area contributed by atoms with Gasteiger partial charge in [-0.15, -0.1) is 5.10 Å². The van der Waals surface area contributed by atoms with Crippen molar-refractivity contribution in [2.24, 2.45) is 0 Å². The Kier molecular flexibility index (Phi) is 5.48. The van der Waals surface area contributed by atoms with Gasteiger partial charge >= 0.3 is 0 Å². The fourth-order valence-electron chi connectivity index (χ4n) is 3.12. The van der Waals surface area contributed by atoms with E-state index in [4.69, 9.17) is 4.74 Å². The molecule has 0 spiro atoms. The first-order valence-electron chi connectivity index (χ1n) is 8.80. The Labute approximate surface area is 148 Å². The van der Waals surface area contributed by atoms with E-state index in [1.54, 1.807) is 18.3 Å². The van der Waals surface area contributed by atoms with Crippen LogP contribution in [0.3, 0.4) is 0 Å². The van der Waals surface area contributed by atoms with Crippen molar-refractivity contribution >= 4 is 11.6 Å². The predicted octanol–water partition coefficient (Wildman–Crippen LogP) is 2.62. The van der Waals surface area contributed by atoms with Gasteiger partial charge < -0.3 is 14.5 Å². The molecule has 1 saturated heterocycles. The second-order valence-corrected chi connectivity index (χ2v) is 6.06. The minimum Gasteiger partial charge on any atom is -0.471 e. The third kappa shape index (κ3) is 4.07. The Hall–Kier alpha value is -2.63. The van der Waals surface area contributed by atoms with E-state index in [0.717, 1.165) is 30.8 Å². The smallest absolute Gasteiger partial charge is 0.253 e. The number of amides is 1. The molecule has 6 heteroatoms. The van der Waals surface area contributed by atoms with E-state index < -0.39 is 0 Å². The number of rotatable bonds is 6. The Morgan fingerprint density at radius 2 is 2.00 bits per heavy atom. The maximum atomic E-state index is 12.7. The second kappa shape index (κ2) is 7.96. The number of hydrogen-bond donors (Lipinski definition) is 0. The zero-order chi connectivity index (χ0) is 17.6. The largest absolute Gasteiger partial charge is 0.471 e. The van der Waals surface area contributed by atoms with E-state index in [0.29, 0.717) is 19.0 Å². The van der Waals surface area contributed by atoms with E-state index in [1.807, 2.05) is 29.2 Å². The van der Waals surface area contributed by atoms with Gasteiger partial charge in [-0.2, -0.15) is 5.10 Å². The SMILES string of the molecule is CCN(CC)c1ccc(C(=O)N2CCC(Oc3cccnn3)C2)cc1. The van der Waals surface area contributed by atoms with Crippen LogP contribution in [0.2, 0.25) is 0 Å². The molecule has 1 aromatic heterocycles. The third-order valence-electron chi connectivity index (χ3n) is 4.51. The van der Waals surface area contributed by atoms with Crippen molar-refractivity contribution in [3.8, 4) is 5.88 Å². The molecule has 1 fully saturated rings. The van der Waals surface area contributed by atoms with Gasteiger partial charge in [0, 0.05) is 49.6 Å². The lowest BCUT2D eigenvalue weighted by Gasteiger charge is -2.22. The molecule has 1 aliphatic heterocycles. The van der Waals surface area contributed by atoms with Crippen LogP contribution in [0.5, 0.6) is 5.88 Å². The van der Waals surface area contributed by atoms with Crippen LogP contribution in [0.15, 0.2) is 42.6 Å². The summed E-state index contributed by atoms with van der Waals surface area (Å²) in [6, 6.07) is 11.4. The van der Waals surface area contributed by atoms with Gasteiger partial charge in [0.1, 0.15) is 6.10 Å². The van der Waals surface area contributed by atoms with Crippen molar-refractivity contribution in [3.05, 3.63) is 48.2 Å². The summed E-state index contributed by atoms with van der Waals surface area (Å²) in [6.07, 6.45) is 2.38. The molecule has 0 N–H and O–H groups in total. The van der Waals surface area contributed by atoms with E-state index in [2.05, 4.69) is 28.9 Å². The number of aromatic nitrogens is 2. The van der Waals surface area contributed by atoms with Crippen LogP contribution in [0, 0.1) is 0 Å². The minimum absolute atomic E-state index is 0.0319. The fraction of sp³-hybridized carbons (Fsp3) is 0.421. The molecule has 0 aliphatic carbocycles. The van der Waals surface area contributed by atoms with Crippen LogP contribution in [0.1, 0.15) is 30.6 Å². The summed E-state index contributed by atoms with van der Waals surface area (Å²) in [7, 11) is 0. The zero-order valence-electron chi connectivity index (χ0n) is 14.8. The molecule has 1 aromatic carbocycles. The molecule has 3 rings (SSSR count). The maximum Gasteiger partial charge on any atom is 0.253 e. The lowest BCUT2D eigenvalue weighted by Crippen LogP contribution is -2.31. The molecular formula is C19H24N4O2. The van der Waals surface area contributed by atoms with Crippen LogP contribution < -0.4 is 9.64 Å². The molecule has 0 radical (unpaired) electrons. The van der Waals surface area contributed by atoms with Crippen LogP contribution in [0.25, 0.3) is 0 Å². The first-order valence-corrected chi connectivity index (χ1v) is 8.80. The van der Waals surface area contributed by atoms with Gasteiger partial charge in [0.2, 0.25) is 5.88 Å². The van der Waals surface area contributed by atoms with Gasteiger partial charge in [-0.05, 0) is 44.2 Å². The summed E-state index contributed by atoms with van der Waals surface area (Å²) in [4.78, 5) is 16.8. The Morgan fingerprint density at radius 3 is 2.64 bits per heavy atom. The molecule has 132 valence electrons. The van der Waals surface area contributed by atoms with E-state index >= 15 is 0 Å². The number of likely N-dealkylation sites (tertiary alicyclic amines) is 1. The highest BCUT2D eigenvalue weighted by molar-refractivity contribution is 5.94. The highest BCUT2D eigenvalue weighted by Gasteiger charge is 2.28. The van der Waals surface area contributed by atoms with Gasteiger partial charge in [0.05, 0.1) is 6.54 Å². The molecule has 1 aliphatic rings. The number of hydrogen-bond acceptors (Lipinski definition) is 5. The topological polar surface area (TPSA) is 58.6 Å². The summed E-state index contributed by atoms with van der Waals surface area (Å²) in [6.45, 7) is 7.44. The van der Waals surface area contributed by atoms with Crippen LogP contribution >= 0.6 is 0 Å². The Bertz CT molecular complexity index is 686. The average molecular weight is 340 g/mol. The summed E-state index contributed by atoms with van der Waals surface area (Å²) in [5.74, 6) is 0.557. The number of carbonyl (C=O) groups excluding carboxylic acids is 1. The normalized spacial score (nSPS) is 16.7. The molecule has 0 saturated carbocycles. The highest BCUT2D eigenvalue weighted by Crippen LogP contribution is 2.20. The standard InChI is InChI=1S/C19H24N4O2/c1-3-22(4-2)16-9-7-15(8-10-16)19(24)23-13-11-17(14-23)25-18-6-5-12-20-21-18/h5-10,12,17H,3-4,11,13-14H2,1-2H3. The molecule has 2 heterocycles. The van der Waals surface area contributed by atoms with E-state index in [1.165, 1.54) is 0 Å². The van der Waals surface area contributed by atoms with Gasteiger partial charge in [-0.3, -0.25) is 4.79 Å².